The number of carboxylic acids is 1. The second kappa shape index (κ2) is 11.4. The molecule has 3 aromatic rings. The van der Waals surface area contributed by atoms with Crippen molar-refractivity contribution in [3.05, 3.63) is 88.2 Å². The number of halogens is 2. The highest BCUT2D eigenvalue weighted by Crippen LogP contribution is 2.65. The second-order valence-electron chi connectivity index (χ2n) is 12.9. The molecule has 2 aliphatic heterocycles. The van der Waals surface area contributed by atoms with Crippen LogP contribution in [0.15, 0.2) is 66.2 Å². The number of phenols is 1. The fourth-order valence-corrected chi connectivity index (χ4v) is 8.57. The molecule has 13 heteroatoms. The molecule has 3 aromatic carbocycles. The molecule has 4 amide bonds. The Morgan fingerprint density at radius 1 is 0.939 bits per heavy atom. The molecule has 2 aliphatic carbocycles. The lowest BCUT2D eigenvalue weighted by atomic mass is 9.51. The topological polar surface area (TPSA) is 151 Å². The molecule has 7 rings (SSSR count). The number of ether oxygens (including phenoxy) is 2. The predicted molar refractivity (Wildman–Crippen MR) is 173 cm³/mol. The second-order valence-corrected chi connectivity index (χ2v) is 13.3. The number of aromatic hydroxyl groups is 1. The fraction of sp³-hybridized carbons (Fsp3) is 0.306. The number of carboxylic acid groups (broad SMARTS) is 1. The van der Waals surface area contributed by atoms with E-state index in [0.29, 0.717) is 5.57 Å². The minimum absolute atomic E-state index is 0.0112. The minimum Gasteiger partial charge on any atom is -0.507 e. The number of hydrogen-bond donors (Lipinski definition) is 2. The number of benzene rings is 3. The molecule has 4 aliphatic rings. The van der Waals surface area contributed by atoms with Crippen molar-refractivity contribution < 1.29 is 48.0 Å². The maximum absolute atomic E-state index is 14.6. The van der Waals surface area contributed by atoms with Crippen LogP contribution in [0.3, 0.4) is 0 Å². The third-order valence-corrected chi connectivity index (χ3v) is 10.9. The van der Waals surface area contributed by atoms with E-state index in [4.69, 9.17) is 21.1 Å². The van der Waals surface area contributed by atoms with Crippen LogP contribution < -0.4 is 19.3 Å². The Kier molecular flexibility index (Phi) is 7.55. The first-order valence-electron chi connectivity index (χ1n) is 15.5. The molecule has 0 aromatic heterocycles. The summed E-state index contributed by atoms with van der Waals surface area (Å²) in [5, 5.41) is 20.8. The average molecular weight is 689 g/mol. The van der Waals surface area contributed by atoms with Crippen molar-refractivity contribution in [2.75, 3.05) is 24.0 Å². The molecule has 0 spiro atoms. The number of amides is 4. The van der Waals surface area contributed by atoms with Gasteiger partial charge in [0.1, 0.15) is 23.1 Å². The van der Waals surface area contributed by atoms with Crippen LogP contribution in [0.1, 0.15) is 41.6 Å². The number of methoxy groups -OCH3 is 2. The summed E-state index contributed by atoms with van der Waals surface area (Å²) >= 11 is 6.07. The number of aromatic carboxylic acids is 1. The van der Waals surface area contributed by atoms with Gasteiger partial charge in [-0.1, -0.05) is 29.3 Å². The van der Waals surface area contributed by atoms with Crippen LogP contribution in [-0.4, -0.2) is 54.0 Å². The number of rotatable bonds is 6. The van der Waals surface area contributed by atoms with Gasteiger partial charge in [-0.3, -0.25) is 24.1 Å². The summed E-state index contributed by atoms with van der Waals surface area (Å²) < 4.78 is 25.2. The van der Waals surface area contributed by atoms with Crippen LogP contribution in [-0.2, 0) is 19.2 Å². The molecule has 0 bridgehead atoms. The van der Waals surface area contributed by atoms with Crippen molar-refractivity contribution in [2.45, 2.75) is 25.7 Å². The van der Waals surface area contributed by atoms with E-state index < -0.39 is 70.4 Å². The summed E-state index contributed by atoms with van der Waals surface area (Å²) in [5.74, 6) is -8.60. The highest BCUT2D eigenvalue weighted by Gasteiger charge is 2.68. The summed E-state index contributed by atoms with van der Waals surface area (Å²) in [6.45, 7) is 1.63. The molecule has 3 fully saturated rings. The minimum atomic E-state index is -1.53. The average Bonchev–Trinajstić information content (AvgIpc) is 3.45. The number of carbonyl (C=O) groups excluding carboxylic acids is 4. The number of fused-ring (bicyclic) bond motifs is 4. The van der Waals surface area contributed by atoms with Crippen LogP contribution in [0.25, 0.3) is 0 Å². The quantitative estimate of drug-likeness (QED) is 0.259. The first-order chi connectivity index (χ1) is 23.3. The van der Waals surface area contributed by atoms with Crippen LogP contribution in [0.4, 0.5) is 15.8 Å². The highest BCUT2D eigenvalue weighted by atomic mass is 35.5. The van der Waals surface area contributed by atoms with Crippen LogP contribution in [0.5, 0.6) is 17.2 Å². The zero-order valence-electron chi connectivity index (χ0n) is 26.5. The van der Waals surface area contributed by atoms with Crippen LogP contribution in [0, 0.1) is 34.9 Å². The monoisotopic (exact) mass is 688 g/mol. The first kappa shape index (κ1) is 32.3. The van der Waals surface area contributed by atoms with E-state index >= 15 is 0 Å². The molecule has 6 atom stereocenters. The van der Waals surface area contributed by atoms with Gasteiger partial charge in [-0.2, -0.15) is 0 Å². The molecular weight excluding hydrogens is 659 g/mol. The predicted octanol–water partition coefficient (Wildman–Crippen LogP) is 5.34. The summed E-state index contributed by atoms with van der Waals surface area (Å²) in [5.41, 5.74) is -0.668. The van der Waals surface area contributed by atoms with Crippen LogP contribution >= 0.6 is 11.6 Å². The van der Waals surface area contributed by atoms with Gasteiger partial charge in [0.25, 0.3) is 0 Å². The first-order valence-corrected chi connectivity index (χ1v) is 15.9. The van der Waals surface area contributed by atoms with Crippen molar-refractivity contribution in [1.82, 2.24) is 0 Å². The van der Waals surface area contributed by atoms with E-state index in [0.717, 1.165) is 15.9 Å². The molecule has 2 saturated heterocycles. The van der Waals surface area contributed by atoms with E-state index in [9.17, 15) is 38.6 Å². The molecular formula is C36H30ClFN2O9. The van der Waals surface area contributed by atoms with Crippen molar-refractivity contribution in [2.24, 2.45) is 29.1 Å². The van der Waals surface area contributed by atoms with Gasteiger partial charge in [0.05, 0.1) is 59.3 Å². The lowest BCUT2D eigenvalue weighted by Gasteiger charge is -2.49. The lowest BCUT2D eigenvalue weighted by Crippen LogP contribution is -2.49. The smallest absolute Gasteiger partial charge is 0.335 e. The van der Waals surface area contributed by atoms with Gasteiger partial charge in [-0.25, -0.2) is 14.1 Å². The number of hydrogen-bond acceptors (Lipinski definition) is 8. The number of phenolic OH excluding ortho intramolecular Hbond substituents is 1. The van der Waals surface area contributed by atoms with Gasteiger partial charge < -0.3 is 19.7 Å². The molecule has 6 unspecified atom stereocenters. The fourth-order valence-electron chi connectivity index (χ4n) is 8.39. The summed E-state index contributed by atoms with van der Waals surface area (Å²) in [6.07, 6.45) is 1.93. The largest absolute Gasteiger partial charge is 0.507 e. The van der Waals surface area contributed by atoms with E-state index in [1.165, 1.54) is 56.7 Å². The van der Waals surface area contributed by atoms with Gasteiger partial charge in [-0.05, 0) is 62.1 Å². The third kappa shape index (κ3) is 4.57. The molecule has 252 valence electrons. The zero-order valence-corrected chi connectivity index (χ0v) is 27.2. The van der Waals surface area contributed by atoms with Gasteiger partial charge in [0.2, 0.25) is 23.6 Å². The number of imide groups is 2. The van der Waals surface area contributed by atoms with E-state index in [-0.39, 0.29) is 57.6 Å². The Hall–Kier alpha value is -5.23. The molecule has 11 nitrogen and oxygen atoms in total. The van der Waals surface area contributed by atoms with Gasteiger partial charge in [-0.15, -0.1) is 0 Å². The summed E-state index contributed by atoms with van der Waals surface area (Å²) in [6, 6.07) is 12.0. The maximum atomic E-state index is 14.6. The number of anilines is 2. The highest BCUT2D eigenvalue weighted by molar-refractivity contribution is 6.32. The molecule has 2 N–H and O–H groups in total. The Morgan fingerprint density at radius 3 is 2.35 bits per heavy atom. The Morgan fingerprint density at radius 2 is 1.67 bits per heavy atom. The standard InChI is InChI=1S/C36H30ClFN2O9/c1-36-23(32(43)40(35(36)47)18-7-10-25(38)24(37)12-18)15-22-20(30(36)29-26(41)13-19(48-2)14-27(29)49-3)8-9-21-28(22)33(44)39(31(21)42)17-6-4-5-16(11-17)34(45)46/h4-8,10-14,21-23,28,30,41H,9,15H2,1-3H3,(H,45,46). The number of nitrogens with zero attached hydrogens (tertiary/aromatic N) is 2. The van der Waals surface area contributed by atoms with Gasteiger partial charge in [0.15, 0.2) is 0 Å². The van der Waals surface area contributed by atoms with Gasteiger partial charge in [0, 0.05) is 23.6 Å². The molecule has 2 heterocycles. The van der Waals surface area contributed by atoms with Crippen molar-refractivity contribution in [3.63, 3.8) is 0 Å². The lowest BCUT2D eigenvalue weighted by molar-refractivity contribution is -0.131. The Bertz CT molecular complexity index is 2030. The number of carbonyl (C=O) groups is 5. The van der Waals surface area contributed by atoms with E-state index in [1.54, 1.807) is 19.1 Å². The zero-order chi connectivity index (χ0) is 35.1. The third-order valence-electron chi connectivity index (χ3n) is 10.6. The SMILES string of the molecule is COc1cc(O)c(C2C3=CCC4C(=O)N(c5cccc(C(=O)O)c5)C(=O)C4C3CC3C(=O)N(c4ccc(F)c(Cl)c4)C(=O)C32C)c(OC)c1. The van der Waals surface area contributed by atoms with Crippen molar-refractivity contribution in [3.8, 4) is 17.2 Å². The number of allylic oxidation sites excluding steroid dienone is 2. The van der Waals surface area contributed by atoms with Crippen LogP contribution in [0.2, 0.25) is 5.02 Å². The van der Waals surface area contributed by atoms with Crippen molar-refractivity contribution >= 4 is 52.6 Å². The van der Waals surface area contributed by atoms with E-state index in [1.807, 2.05) is 0 Å². The van der Waals surface area contributed by atoms with Gasteiger partial charge >= 0.3 is 5.97 Å². The molecule has 0 radical (unpaired) electrons. The maximum Gasteiger partial charge on any atom is 0.335 e. The van der Waals surface area contributed by atoms with E-state index in [2.05, 4.69) is 0 Å². The van der Waals surface area contributed by atoms with Crippen molar-refractivity contribution in [1.29, 1.82) is 0 Å². The normalized spacial score (nSPS) is 27.4. The Labute approximate surface area is 284 Å². The molecule has 1 saturated carbocycles. The summed E-state index contributed by atoms with van der Waals surface area (Å²) in [4.78, 5) is 70.9. The molecule has 49 heavy (non-hydrogen) atoms. The summed E-state index contributed by atoms with van der Waals surface area (Å²) in [7, 11) is 2.80. The Balaban J connectivity index is 1.40.